The van der Waals surface area contributed by atoms with E-state index in [1.54, 1.807) is 0 Å². The van der Waals surface area contributed by atoms with Gasteiger partial charge >= 0.3 is 0 Å². The second-order valence-corrected chi connectivity index (χ2v) is 4.44. The molecular weight excluding hydrogens is 210 g/mol. The van der Waals surface area contributed by atoms with Gasteiger partial charge in [-0.2, -0.15) is 0 Å². The largest absolute Gasteiger partial charge is 0.369 e. The molecule has 3 nitrogen and oxygen atoms in total. The van der Waals surface area contributed by atoms with Crippen molar-refractivity contribution in [2.24, 2.45) is 5.92 Å². The van der Waals surface area contributed by atoms with Gasteiger partial charge in [0.2, 0.25) is 0 Å². The van der Waals surface area contributed by atoms with Crippen molar-refractivity contribution in [2.75, 3.05) is 18.0 Å². The van der Waals surface area contributed by atoms with Gasteiger partial charge in [-0.3, -0.25) is 0 Å². The lowest BCUT2D eigenvalue weighted by atomic mass is 10.00. The lowest BCUT2D eigenvalue weighted by molar-refractivity contribution is 0.494. The Hall–Kier alpha value is -2.03. The molecule has 0 radical (unpaired) electrons. The predicted octanol–water partition coefficient (Wildman–Crippen LogP) is 2.83. The second kappa shape index (κ2) is 3.77. The first-order valence-corrected chi connectivity index (χ1v) is 5.79. The Morgan fingerprint density at radius 2 is 2.24 bits per heavy atom. The van der Waals surface area contributed by atoms with Crippen LogP contribution in [0.3, 0.4) is 0 Å². The minimum atomic E-state index is 0.621. The van der Waals surface area contributed by atoms with Crippen molar-refractivity contribution in [2.45, 2.75) is 0 Å². The number of nitrogens with zero attached hydrogens (tertiary/aromatic N) is 2. The van der Waals surface area contributed by atoms with Crippen molar-refractivity contribution in [3.05, 3.63) is 43.3 Å². The van der Waals surface area contributed by atoms with E-state index in [0.717, 1.165) is 29.7 Å². The first-order chi connectivity index (χ1) is 8.31. The summed E-state index contributed by atoms with van der Waals surface area (Å²) < 4.78 is 0. The van der Waals surface area contributed by atoms with Gasteiger partial charge < -0.3 is 9.88 Å². The first-order valence-electron chi connectivity index (χ1n) is 5.79. The molecule has 0 unspecified atom stereocenters. The van der Waals surface area contributed by atoms with Crippen LogP contribution in [-0.2, 0) is 0 Å². The van der Waals surface area contributed by atoms with E-state index in [1.165, 1.54) is 5.69 Å². The van der Waals surface area contributed by atoms with Crippen molar-refractivity contribution < 1.29 is 0 Å². The van der Waals surface area contributed by atoms with E-state index in [9.17, 15) is 0 Å². The van der Waals surface area contributed by atoms with Crippen LogP contribution in [0.25, 0.3) is 17.1 Å². The number of pyridine rings is 1. The number of H-pyrrole nitrogens is 1. The van der Waals surface area contributed by atoms with Crippen LogP contribution in [0.2, 0.25) is 0 Å². The number of nitrogens with one attached hydrogen (secondary N) is 1. The van der Waals surface area contributed by atoms with E-state index in [4.69, 9.17) is 0 Å². The highest BCUT2D eigenvalue weighted by Crippen LogP contribution is 2.28. The normalized spacial score (nSPS) is 15.9. The Labute approximate surface area is 100 Å². The third-order valence-electron chi connectivity index (χ3n) is 3.38. The Balaban J connectivity index is 1.96. The van der Waals surface area contributed by atoms with E-state index in [0.29, 0.717) is 5.92 Å². The SMILES string of the molecule is C=Cc1c[nH]c2ncc(N3CC(C=C)C3)cc12. The Morgan fingerprint density at radius 1 is 1.41 bits per heavy atom. The molecule has 1 aliphatic rings. The van der Waals surface area contributed by atoms with E-state index >= 15 is 0 Å². The van der Waals surface area contributed by atoms with Crippen LogP contribution < -0.4 is 4.90 Å². The van der Waals surface area contributed by atoms with Gasteiger partial charge in [0.25, 0.3) is 0 Å². The van der Waals surface area contributed by atoms with Gasteiger partial charge in [-0.05, 0) is 6.07 Å². The zero-order chi connectivity index (χ0) is 11.8. The monoisotopic (exact) mass is 225 g/mol. The van der Waals surface area contributed by atoms with Gasteiger partial charge in [0, 0.05) is 36.2 Å². The van der Waals surface area contributed by atoms with Crippen molar-refractivity contribution in [1.82, 2.24) is 9.97 Å². The zero-order valence-electron chi connectivity index (χ0n) is 9.69. The highest BCUT2D eigenvalue weighted by Gasteiger charge is 2.24. The number of aromatic nitrogens is 2. The summed E-state index contributed by atoms with van der Waals surface area (Å²) in [5.74, 6) is 0.621. The molecule has 17 heavy (non-hydrogen) atoms. The molecule has 1 saturated heterocycles. The third-order valence-corrected chi connectivity index (χ3v) is 3.38. The molecule has 0 atom stereocenters. The summed E-state index contributed by atoms with van der Waals surface area (Å²) in [5, 5.41) is 1.14. The number of aromatic amines is 1. The van der Waals surface area contributed by atoms with Crippen LogP contribution >= 0.6 is 0 Å². The second-order valence-electron chi connectivity index (χ2n) is 4.44. The molecule has 1 N–H and O–H groups in total. The number of fused-ring (bicyclic) bond motifs is 1. The summed E-state index contributed by atoms with van der Waals surface area (Å²) in [6.45, 7) is 9.72. The average molecular weight is 225 g/mol. The maximum atomic E-state index is 4.43. The summed E-state index contributed by atoms with van der Waals surface area (Å²) in [7, 11) is 0. The molecule has 3 heterocycles. The van der Waals surface area contributed by atoms with E-state index in [2.05, 4.69) is 34.1 Å². The third kappa shape index (κ3) is 1.55. The fourth-order valence-electron chi connectivity index (χ4n) is 2.23. The molecule has 2 aromatic rings. The molecule has 3 rings (SSSR count). The standard InChI is InChI=1S/C14H15N3/c1-3-10-8-17(9-10)12-5-13-11(4-2)6-15-14(13)16-7-12/h3-7,10H,1-2,8-9H2,(H,15,16). The Kier molecular flexibility index (Phi) is 2.25. The van der Waals surface area contributed by atoms with E-state index in [-0.39, 0.29) is 0 Å². The van der Waals surface area contributed by atoms with E-state index < -0.39 is 0 Å². The highest BCUT2D eigenvalue weighted by molar-refractivity contribution is 5.88. The molecule has 2 aromatic heterocycles. The number of hydrogen-bond acceptors (Lipinski definition) is 2. The molecule has 0 aromatic carbocycles. The van der Waals surface area contributed by atoms with Gasteiger partial charge in [0.15, 0.2) is 0 Å². The molecule has 0 aliphatic carbocycles. The van der Waals surface area contributed by atoms with Gasteiger partial charge in [0.1, 0.15) is 5.65 Å². The van der Waals surface area contributed by atoms with Gasteiger partial charge in [-0.15, -0.1) is 6.58 Å². The lowest BCUT2D eigenvalue weighted by Crippen LogP contribution is -2.45. The van der Waals surface area contributed by atoms with Crippen molar-refractivity contribution in [3.63, 3.8) is 0 Å². The van der Waals surface area contributed by atoms with E-state index in [1.807, 2.05) is 24.5 Å². The number of rotatable bonds is 3. The van der Waals surface area contributed by atoms with Crippen LogP contribution in [0.1, 0.15) is 5.56 Å². The molecule has 0 saturated carbocycles. The number of hydrogen-bond donors (Lipinski definition) is 1. The molecule has 86 valence electrons. The maximum Gasteiger partial charge on any atom is 0.137 e. The summed E-state index contributed by atoms with van der Waals surface area (Å²) in [6.07, 6.45) is 7.74. The molecule has 3 heteroatoms. The fourth-order valence-corrected chi connectivity index (χ4v) is 2.23. The number of anilines is 1. The van der Waals surface area contributed by atoms with Crippen LogP contribution in [0.4, 0.5) is 5.69 Å². The minimum Gasteiger partial charge on any atom is -0.369 e. The van der Waals surface area contributed by atoms with Crippen molar-refractivity contribution in [1.29, 1.82) is 0 Å². The van der Waals surface area contributed by atoms with Gasteiger partial charge in [-0.25, -0.2) is 4.98 Å². The minimum absolute atomic E-state index is 0.621. The van der Waals surface area contributed by atoms with Crippen LogP contribution in [0.15, 0.2) is 37.7 Å². The highest BCUT2D eigenvalue weighted by atomic mass is 15.2. The molecule has 1 aliphatic heterocycles. The van der Waals surface area contributed by atoms with Crippen LogP contribution in [0, 0.1) is 5.92 Å². The van der Waals surface area contributed by atoms with Crippen molar-refractivity contribution in [3.8, 4) is 0 Å². The predicted molar refractivity (Wildman–Crippen MR) is 72.1 cm³/mol. The summed E-state index contributed by atoms with van der Waals surface area (Å²) >= 11 is 0. The van der Waals surface area contributed by atoms with Crippen LogP contribution in [0.5, 0.6) is 0 Å². The first kappa shape index (κ1) is 10.1. The molecule has 0 spiro atoms. The fraction of sp³-hybridized carbons (Fsp3) is 0.214. The molecular formula is C14H15N3. The van der Waals surface area contributed by atoms with Gasteiger partial charge in [-0.1, -0.05) is 18.7 Å². The summed E-state index contributed by atoms with van der Waals surface area (Å²) in [6, 6.07) is 2.18. The Morgan fingerprint density at radius 3 is 2.94 bits per heavy atom. The molecule has 0 bridgehead atoms. The summed E-state index contributed by atoms with van der Waals surface area (Å²) in [5.41, 5.74) is 3.21. The topological polar surface area (TPSA) is 31.9 Å². The average Bonchev–Trinajstić information content (AvgIpc) is 2.70. The van der Waals surface area contributed by atoms with Crippen LogP contribution in [-0.4, -0.2) is 23.1 Å². The Bertz CT molecular complexity index is 576. The maximum absolute atomic E-state index is 4.43. The molecule has 1 fully saturated rings. The van der Waals surface area contributed by atoms with Crippen molar-refractivity contribution >= 4 is 22.8 Å². The molecule has 0 amide bonds. The quantitative estimate of drug-likeness (QED) is 0.814. The lowest BCUT2D eigenvalue weighted by Gasteiger charge is -2.39. The van der Waals surface area contributed by atoms with Gasteiger partial charge in [0.05, 0.1) is 11.9 Å². The smallest absolute Gasteiger partial charge is 0.137 e. The summed E-state index contributed by atoms with van der Waals surface area (Å²) in [4.78, 5) is 9.89. The zero-order valence-corrected chi connectivity index (χ0v) is 9.69.